The van der Waals surface area contributed by atoms with Crippen molar-refractivity contribution in [2.24, 2.45) is 0 Å². The van der Waals surface area contributed by atoms with E-state index in [0.29, 0.717) is 17.3 Å². The van der Waals surface area contributed by atoms with Crippen molar-refractivity contribution in [3.05, 3.63) is 39.4 Å². The van der Waals surface area contributed by atoms with E-state index in [1.807, 2.05) is 6.07 Å². The number of thiophene rings is 1. The van der Waals surface area contributed by atoms with Crippen molar-refractivity contribution >= 4 is 23.2 Å². The Morgan fingerprint density at radius 2 is 2.09 bits per heavy atom. The van der Waals surface area contributed by atoms with Gasteiger partial charge in [-0.15, -0.1) is 11.3 Å². The number of carbonyl (C=O) groups is 2. The molecule has 7 heteroatoms. The molecule has 2 fully saturated rings. The summed E-state index contributed by atoms with van der Waals surface area (Å²) in [6.07, 6.45) is 4.26. The van der Waals surface area contributed by atoms with Crippen LogP contribution in [0, 0.1) is 0 Å². The van der Waals surface area contributed by atoms with Gasteiger partial charge in [-0.3, -0.25) is 4.79 Å². The maximum Gasteiger partial charge on any atom is 0.336 e. The van der Waals surface area contributed by atoms with E-state index >= 15 is 0 Å². The van der Waals surface area contributed by atoms with Gasteiger partial charge in [0.2, 0.25) is 0 Å². The van der Waals surface area contributed by atoms with Crippen molar-refractivity contribution in [2.45, 2.75) is 44.2 Å². The van der Waals surface area contributed by atoms with Crippen molar-refractivity contribution in [2.75, 3.05) is 0 Å². The summed E-state index contributed by atoms with van der Waals surface area (Å²) in [4.78, 5) is 25.9. The van der Waals surface area contributed by atoms with Gasteiger partial charge in [0, 0.05) is 23.4 Å². The van der Waals surface area contributed by atoms with Gasteiger partial charge in [0.1, 0.15) is 11.5 Å². The van der Waals surface area contributed by atoms with E-state index in [2.05, 4.69) is 5.16 Å². The molecular formula is C16H16N2O4S. The molecule has 0 unspecified atom stereocenters. The fourth-order valence-corrected chi connectivity index (χ4v) is 3.43. The normalized spacial score (nSPS) is 17.2. The minimum absolute atomic E-state index is 0.124. The highest BCUT2D eigenvalue weighted by atomic mass is 32.1. The van der Waals surface area contributed by atoms with Gasteiger partial charge >= 0.3 is 5.97 Å². The molecule has 1 amide bonds. The zero-order valence-corrected chi connectivity index (χ0v) is 13.2. The molecule has 2 aromatic rings. The summed E-state index contributed by atoms with van der Waals surface area (Å²) in [6.45, 7) is 0.417. The van der Waals surface area contributed by atoms with Crippen LogP contribution >= 0.6 is 11.3 Å². The summed E-state index contributed by atoms with van der Waals surface area (Å²) in [7, 11) is 0. The first-order chi connectivity index (χ1) is 11.1. The molecule has 23 heavy (non-hydrogen) atoms. The molecule has 1 N–H and O–H groups in total. The molecule has 0 bridgehead atoms. The third-order valence-electron chi connectivity index (χ3n) is 4.19. The molecule has 2 saturated carbocycles. The van der Waals surface area contributed by atoms with Crippen LogP contribution in [-0.4, -0.2) is 33.1 Å². The summed E-state index contributed by atoms with van der Waals surface area (Å²) in [5, 5.41) is 14.6. The van der Waals surface area contributed by atoms with Gasteiger partial charge in [0.25, 0.3) is 5.91 Å². The molecule has 2 aliphatic carbocycles. The van der Waals surface area contributed by atoms with E-state index in [-0.39, 0.29) is 17.5 Å². The first-order valence-corrected chi connectivity index (χ1v) is 8.58. The number of hydrogen-bond donors (Lipinski definition) is 1. The summed E-state index contributed by atoms with van der Waals surface area (Å²) in [5.74, 6) is 0.272. The average molecular weight is 332 g/mol. The average Bonchev–Trinajstić information content (AvgIpc) is 3.46. The van der Waals surface area contributed by atoms with Crippen molar-refractivity contribution in [3.63, 3.8) is 0 Å². The van der Waals surface area contributed by atoms with Crippen LogP contribution in [0.5, 0.6) is 0 Å². The predicted molar refractivity (Wildman–Crippen MR) is 82.7 cm³/mol. The number of carboxylic acid groups (broad SMARTS) is 1. The van der Waals surface area contributed by atoms with Crippen LogP contribution in [-0.2, 0) is 6.54 Å². The van der Waals surface area contributed by atoms with Crippen LogP contribution in [0.4, 0.5) is 0 Å². The molecule has 0 aromatic carbocycles. The van der Waals surface area contributed by atoms with Gasteiger partial charge in [0.15, 0.2) is 0 Å². The van der Waals surface area contributed by atoms with E-state index in [4.69, 9.17) is 9.63 Å². The monoisotopic (exact) mass is 332 g/mol. The predicted octanol–water partition coefficient (Wildman–Crippen LogP) is 3.12. The molecular weight excluding hydrogens is 316 g/mol. The number of nitrogens with zero attached hydrogens (tertiary/aromatic N) is 2. The Hall–Kier alpha value is -2.15. The third kappa shape index (κ3) is 3.01. The van der Waals surface area contributed by atoms with Crippen LogP contribution in [0.2, 0.25) is 0 Å². The number of aromatic carboxylic acids is 1. The van der Waals surface area contributed by atoms with E-state index in [1.165, 1.54) is 22.8 Å². The van der Waals surface area contributed by atoms with Crippen molar-refractivity contribution < 1.29 is 19.2 Å². The Balaban J connectivity index is 1.51. The van der Waals surface area contributed by atoms with Crippen molar-refractivity contribution in [3.8, 4) is 0 Å². The summed E-state index contributed by atoms with van der Waals surface area (Å²) >= 11 is 1.17. The fraction of sp³-hybridized carbons (Fsp3) is 0.438. The van der Waals surface area contributed by atoms with Gasteiger partial charge in [-0.2, -0.15) is 0 Å². The van der Waals surface area contributed by atoms with Crippen molar-refractivity contribution in [1.29, 1.82) is 0 Å². The first-order valence-electron chi connectivity index (χ1n) is 7.70. The van der Waals surface area contributed by atoms with Crippen LogP contribution in [0.1, 0.15) is 63.1 Å². The molecule has 2 heterocycles. The molecule has 120 valence electrons. The maximum absolute atomic E-state index is 12.7. The Bertz CT molecular complexity index is 758. The summed E-state index contributed by atoms with van der Waals surface area (Å²) in [5.41, 5.74) is 0.925. The minimum atomic E-state index is -1.01. The van der Waals surface area contributed by atoms with E-state index < -0.39 is 5.97 Å². The Morgan fingerprint density at radius 3 is 2.70 bits per heavy atom. The Morgan fingerprint density at radius 1 is 1.30 bits per heavy atom. The van der Waals surface area contributed by atoms with Gasteiger partial charge in [-0.1, -0.05) is 5.16 Å². The number of carbonyl (C=O) groups excluding carboxylic acids is 1. The number of hydrogen-bond acceptors (Lipinski definition) is 5. The van der Waals surface area contributed by atoms with Crippen LogP contribution in [0.25, 0.3) is 0 Å². The number of amides is 1. The zero-order chi connectivity index (χ0) is 16.0. The quantitative estimate of drug-likeness (QED) is 0.878. The van der Waals surface area contributed by atoms with Crippen molar-refractivity contribution in [1.82, 2.24) is 10.1 Å². The highest BCUT2D eigenvalue weighted by Gasteiger charge is 2.35. The largest absolute Gasteiger partial charge is 0.478 e. The molecule has 0 saturated heterocycles. The standard InChI is InChI=1S/C16H16N2O4S/c19-15(14-5-10(8-23-14)16(20)21)18(12-3-4-12)7-11-6-13(22-17-11)9-1-2-9/h5-6,8-9,12H,1-4,7H2,(H,20,21). The van der Waals surface area contributed by atoms with Gasteiger partial charge in [0.05, 0.1) is 17.0 Å². The molecule has 0 radical (unpaired) electrons. The second-order valence-corrected chi connectivity index (χ2v) is 7.08. The van der Waals surface area contributed by atoms with E-state index in [1.54, 1.807) is 4.90 Å². The maximum atomic E-state index is 12.7. The fourth-order valence-electron chi connectivity index (χ4n) is 2.59. The molecule has 4 rings (SSSR count). The molecule has 6 nitrogen and oxygen atoms in total. The van der Waals surface area contributed by atoms with Gasteiger partial charge in [-0.25, -0.2) is 4.79 Å². The topological polar surface area (TPSA) is 83.6 Å². The number of carboxylic acids is 1. The lowest BCUT2D eigenvalue weighted by atomic mass is 10.2. The molecule has 0 aliphatic heterocycles. The van der Waals surface area contributed by atoms with E-state index in [0.717, 1.165) is 37.1 Å². The lowest BCUT2D eigenvalue weighted by molar-refractivity contribution is 0.0697. The lowest BCUT2D eigenvalue weighted by Gasteiger charge is -2.20. The summed E-state index contributed by atoms with van der Waals surface area (Å²) < 4.78 is 5.35. The SMILES string of the molecule is O=C(O)c1csc(C(=O)N(Cc2cc(C3CC3)on2)C2CC2)c1. The van der Waals surface area contributed by atoms with Gasteiger partial charge < -0.3 is 14.5 Å². The van der Waals surface area contributed by atoms with Crippen LogP contribution < -0.4 is 0 Å². The highest BCUT2D eigenvalue weighted by Crippen LogP contribution is 2.40. The Kier molecular flexibility index (Phi) is 3.45. The van der Waals surface area contributed by atoms with Gasteiger partial charge in [-0.05, 0) is 31.7 Å². The zero-order valence-electron chi connectivity index (χ0n) is 12.4. The molecule has 2 aliphatic rings. The van der Waals surface area contributed by atoms with Crippen LogP contribution in [0.3, 0.4) is 0 Å². The third-order valence-corrected chi connectivity index (χ3v) is 5.11. The molecule has 0 spiro atoms. The first kappa shape index (κ1) is 14.4. The lowest BCUT2D eigenvalue weighted by Crippen LogP contribution is -2.32. The Labute approximate surface area is 136 Å². The smallest absolute Gasteiger partial charge is 0.336 e. The number of aromatic nitrogens is 1. The second kappa shape index (κ2) is 5.49. The minimum Gasteiger partial charge on any atom is -0.478 e. The molecule has 0 atom stereocenters. The number of rotatable bonds is 6. The van der Waals surface area contributed by atoms with Crippen LogP contribution in [0.15, 0.2) is 22.0 Å². The highest BCUT2D eigenvalue weighted by molar-refractivity contribution is 7.12. The molecule has 2 aromatic heterocycles. The summed E-state index contributed by atoms with van der Waals surface area (Å²) in [6, 6.07) is 3.61. The second-order valence-electron chi connectivity index (χ2n) is 6.16. The van der Waals surface area contributed by atoms with E-state index in [9.17, 15) is 9.59 Å².